The number of rotatable bonds is 7. The first-order valence-electron chi connectivity index (χ1n) is 8.86. The van der Waals surface area contributed by atoms with Gasteiger partial charge >= 0.3 is 0 Å². The van der Waals surface area contributed by atoms with Crippen molar-refractivity contribution in [3.05, 3.63) is 53.6 Å². The third-order valence-corrected chi connectivity index (χ3v) is 4.85. The number of nitrogens with one attached hydrogen (secondary N) is 3. The molecule has 0 saturated heterocycles. The number of carbonyl (C=O) groups is 1. The maximum Gasteiger partial charge on any atom is 0.259 e. The standard InChI is InChI=1S/C20H22Cl3N3O3S/c1-12-4-5-13(2)16(10-12)24-19(30)26-18(20(21,22)23)25-17(27)11-29-15-8-6-14(28-3)7-9-15/h4-10,18H,11H2,1-3H3,(H,25,27)(H2,24,26,30)/t18-/m0/s1. The molecule has 0 aliphatic rings. The van der Waals surface area contributed by atoms with Crippen LogP contribution in [0.1, 0.15) is 11.1 Å². The van der Waals surface area contributed by atoms with Crippen molar-refractivity contribution in [1.29, 1.82) is 0 Å². The first-order valence-corrected chi connectivity index (χ1v) is 10.4. The van der Waals surface area contributed by atoms with Gasteiger partial charge in [0.25, 0.3) is 5.91 Å². The molecule has 0 bridgehead atoms. The summed E-state index contributed by atoms with van der Waals surface area (Å²) in [6.45, 7) is 3.63. The van der Waals surface area contributed by atoms with Crippen molar-refractivity contribution >= 4 is 63.7 Å². The summed E-state index contributed by atoms with van der Waals surface area (Å²) in [6, 6.07) is 12.7. The fourth-order valence-electron chi connectivity index (χ4n) is 2.38. The number of thiocarbonyl (C=S) groups is 1. The zero-order valence-electron chi connectivity index (χ0n) is 16.6. The van der Waals surface area contributed by atoms with E-state index in [1.807, 2.05) is 32.0 Å². The number of hydrogen-bond acceptors (Lipinski definition) is 4. The first-order chi connectivity index (χ1) is 14.1. The van der Waals surface area contributed by atoms with Gasteiger partial charge in [-0.1, -0.05) is 46.9 Å². The molecule has 6 nitrogen and oxygen atoms in total. The third-order valence-electron chi connectivity index (χ3n) is 3.98. The zero-order chi connectivity index (χ0) is 22.3. The highest BCUT2D eigenvalue weighted by Crippen LogP contribution is 2.29. The van der Waals surface area contributed by atoms with Crippen LogP contribution < -0.4 is 25.4 Å². The largest absolute Gasteiger partial charge is 0.497 e. The van der Waals surface area contributed by atoms with E-state index in [2.05, 4.69) is 16.0 Å². The molecule has 0 heterocycles. The molecule has 0 aliphatic heterocycles. The highest BCUT2D eigenvalue weighted by atomic mass is 35.6. The van der Waals surface area contributed by atoms with Crippen molar-refractivity contribution in [2.75, 3.05) is 19.0 Å². The maximum atomic E-state index is 12.3. The van der Waals surface area contributed by atoms with Crippen LogP contribution in [-0.4, -0.2) is 34.7 Å². The van der Waals surface area contributed by atoms with Gasteiger partial charge in [-0.3, -0.25) is 4.79 Å². The Morgan fingerprint density at radius 2 is 1.70 bits per heavy atom. The average Bonchev–Trinajstić information content (AvgIpc) is 2.68. The van der Waals surface area contributed by atoms with Gasteiger partial charge in [-0.15, -0.1) is 0 Å². The van der Waals surface area contributed by atoms with Gasteiger partial charge in [-0.2, -0.15) is 0 Å². The molecule has 0 aliphatic carbocycles. The number of ether oxygens (including phenoxy) is 2. The molecule has 30 heavy (non-hydrogen) atoms. The van der Waals surface area contributed by atoms with Gasteiger partial charge < -0.3 is 25.4 Å². The van der Waals surface area contributed by atoms with Crippen LogP contribution >= 0.6 is 47.0 Å². The summed E-state index contributed by atoms with van der Waals surface area (Å²) in [4.78, 5) is 12.3. The molecule has 2 aromatic carbocycles. The van der Waals surface area contributed by atoms with Gasteiger partial charge in [0, 0.05) is 5.69 Å². The smallest absolute Gasteiger partial charge is 0.259 e. The summed E-state index contributed by atoms with van der Waals surface area (Å²) in [5.41, 5.74) is 2.87. The fourth-order valence-corrected chi connectivity index (χ4v) is 2.94. The molecule has 0 aromatic heterocycles. The van der Waals surface area contributed by atoms with Gasteiger partial charge in [0.1, 0.15) is 17.7 Å². The number of hydrogen-bond donors (Lipinski definition) is 3. The first kappa shape index (κ1) is 24.3. The number of benzene rings is 2. The number of carbonyl (C=O) groups excluding carboxylic acids is 1. The molecular weight excluding hydrogens is 469 g/mol. The van der Waals surface area contributed by atoms with Crippen LogP contribution in [0.4, 0.5) is 5.69 Å². The van der Waals surface area contributed by atoms with Crippen molar-refractivity contribution in [1.82, 2.24) is 10.6 Å². The van der Waals surface area contributed by atoms with Gasteiger partial charge in [-0.05, 0) is 67.5 Å². The number of anilines is 1. The molecular formula is C20H22Cl3N3O3S. The minimum Gasteiger partial charge on any atom is -0.497 e. The quantitative estimate of drug-likeness (QED) is 0.302. The highest BCUT2D eigenvalue weighted by molar-refractivity contribution is 7.80. The van der Waals surface area contributed by atoms with Crippen LogP contribution in [0.2, 0.25) is 0 Å². The van der Waals surface area contributed by atoms with E-state index in [9.17, 15) is 4.79 Å². The summed E-state index contributed by atoms with van der Waals surface area (Å²) in [5.74, 6) is 0.678. The molecule has 3 N–H and O–H groups in total. The number of amides is 1. The fraction of sp³-hybridized carbons (Fsp3) is 0.300. The van der Waals surface area contributed by atoms with Crippen molar-refractivity contribution in [3.8, 4) is 11.5 Å². The Hall–Kier alpha value is -1.93. The van der Waals surface area contributed by atoms with Gasteiger partial charge in [0.15, 0.2) is 11.7 Å². The van der Waals surface area contributed by atoms with E-state index in [-0.39, 0.29) is 11.7 Å². The van der Waals surface area contributed by atoms with E-state index in [1.165, 1.54) is 0 Å². The molecule has 0 saturated carbocycles. The minimum atomic E-state index is -1.86. The lowest BCUT2D eigenvalue weighted by molar-refractivity contribution is -0.123. The lowest BCUT2D eigenvalue weighted by atomic mass is 10.1. The minimum absolute atomic E-state index is 0.191. The number of methoxy groups -OCH3 is 1. The van der Waals surface area contributed by atoms with Gasteiger partial charge in [0.2, 0.25) is 3.79 Å². The monoisotopic (exact) mass is 489 g/mol. The Morgan fingerprint density at radius 1 is 1.07 bits per heavy atom. The lowest BCUT2D eigenvalue weighted by Gasteiger charge is -2.28. The third kappa shape index (κ3) is 7.72. The maximum absolute atomic E-state index is 12.3. The predicted octanol–water partition coefficient (Wildman–Crippen LogP) is 4.49. The number of halogens is 3. The molecule has 1 atom stereocenters. The summed E-state index contributed by atoms with van der Waals surface area (Å²) in [6.07, 6.45) is -1.08. The highest BCUT2D eigenvalue weighted by Gasteiger charge is 2.34. The van der Waals surface area contributed by atoms with Crippen molar-refractivity contribution in [2.24, 2.45) is 0 Å². The molecule has 1 amide bonds. The summed E-state index contributed by atoms with van der Waals surface area (Å²) in [7, 11) is 1.56. The Bertz CT molecular complexity index is 889. The predicted molar refractivity (Wildman–Crippen MR) is 126 cm³/mol. The zero-order valence-corrected chi connectivity index (χ0v) is 19.7. The molecule has 162 valence electrons. The Morgan fingerprint density at radius 3 is 2.30 bits per heavy atom. The normalized spacial score (nSPS) is 11.9. The molecule has 2 aromatic rings. The van der Waals surface area contributed by atoms with Crippen LogP contribution in [0.25, 0.3) is 0 Å². The van der Waals surface area contributed by atoms with Crippen LogP contribution in [0.3, 0.4) is 0 Å². The lowest BCUT2D eigenvalue weighted by Crippen LogP contribution is -2.57. The van der Waals surface area contributed by atoms with Crippen LogP contribution in [0, 0.1) is 13.8 Å². The summed E-state index contributed by atoms with van der Waals surface area (Å²) in [5, 5.41) is 8.62. The second-order valence-corrected chi connectivity index (χ2v) is 9.20. The molecule has 0 spiro atoms. The second kappa shape index (κ2) is 10.9. The summed E-state index contributed by atoms with van der Waals surface area (Å²) >= 11 is 23.3. The van der Waals surface area contributed by atoms with Gasteiger partial charge in [0.05, 0.1) is 7.11 Å². The molecule has 0 radical (unpaired) electrons. The Kier molecular flexibility index (Phi) is 8.85. The van der Waals surface area contributed by atoms with E-state index >= 15 is 0 Å². The number of alkyl halides is 3. The van der Waals surface area contributed by atoms with Crippen molar-refractivity contribution in [3.63, 3.8) is 0 Å². The van der Waals surface area contributed by atoms with Crippen LogP contribution in [-0.2, 0) is 4.79 Å². The Labute approximate surface area is 196 Å². The van der Waals surface area contributed by atoms with Gasteiger partial charge in [-0.25, -0.2) is 0 Å². The van der Waals surface area contributed by atoms with Crippen LogP contribution in [0.15, 0.2) is 42.5 Å². The average molecular weight is 491 g/mol. The second-order valence-electron chi connectivity index (χ2n) is 6.42. The van der Waals surface area contributed by atoms with E-state index in [4.69, 9.17) is 56.5 Å². The van der Waals surface area contributed by atoms with E-state index in [0.717, 1.165) is 16.8 Å². The molecule has 2 rings (SSSR count). The number of aryl methyl sites for hydroxylation is 2. The van der Waals surface area contributed by atoms with Crippen LogP contribution in [0.5, 0.6) is 11.5 Å². The van der Waals surface area contributed by atoms with E-state index in [0.29, 0.717) is 11.5 Å². The summed E-state index contributed by atoms with van der Waals surface area (Å²) < 4.78 is 8.65. The van der Waals surface area contributed by atoms with E-state index < -0.39 is 15.9 Å². The van der Waals surface area contributed by atoms with Crippen molar-refractivity contribution < 1.29 is 14.3 Å². The Balaban J connectivity index is 1.95. The SMILES string of the molecule is COc1ccc(OCC(=O)N[C@@H](NC(=S)Nc2cc(C)ccc2C)C(Cl)(Cl)Cl)cc1. The molecule has 10 heteroatoms. The van der Waals surface area contributed by atoms with Crippen molar-refractivity contribution in [2.45, 2.75) is 23.8 Å². The topological polar surface area (TPSA) is 71.6 Å². The molecule has 0 unspecified atom stereocenters. The van der Waals surface area contributed by atoms with E-state index in [1.54, 1.807) is 31.4 Å². The molecule has 0 fully saturated rings.